The summed E-state index contributed by atoms with van der Waals surface area (Å²) in [4.78, 5) is 7.50. The summed E-state index contributed by atoms with van der Waals surface area (Å²) in [6.07, 6.45) is 0. The normalized spacial score (nSPS) is 10.3. The molecule has 4 nitrogen and oxygen atoms in total. The van der Waals surface area contributed by atoms with Gasteiger partial charge in [0.25, 0.3) is 0 Å². The molecule has 1 aromatic carbocycles. The smallest absolute Gasteiger partial charge is 0.121 e. The maximum atomic E-state index is 8.71. The molecule has 4 heteroatoms. The number of hydrogen-bond donors (Lipinski definition) is 2. The van der Waals surface area contributed by atoms with E-state index in [9.17, 15) is 0 Å². The molecule has 0 radical (unpaired) electrons. The van der Waals surface area contributed by atoms with E-state index in [0.29, 0.717) is 12.1 Å². The van der Waals surface area contributed by atoms with E-state index in [-0.39, 0.29) is 0 Å². The number of nitrogens with zero attached hydrogens (tertiary/aromatic N) is 2. The Morgan fingerprint density at radius 3 is 3.14 bits per heavy atom. The summed E-state index contributed by atoms with van der Waals surface area (Å²) in [7, 11) is 1.87. The molecule has 2 rings (SSSR count). The van der Waals surface area contributed by atoms with Crippen molar-refractivity contribution in [3.63, 3.8) is 0 Å². The molecular formula is C10H10N4. The summed E-state index contributed by atoms with van der Waals surface area (Å²) < 4.78 is 0. The number of hydrogen-bond acceptors (Lipinski definition) is 3. The van der Waals surface area contributed by atoms with E-state index >= 15 is 0 Å². The van der Waals surface area contributed by atoms with Gasteiger partial charge in [-0.1, -0.05) is 0 Å². The fraction of sp³-hybridized carbons (Fsp3) is 0.200. The van der Waals surface area contributed by atoms with Gasteiger partial charge in [-0.15, -0.1) is 0 Å². The van der Waals surface area contributed by atoms with Crippen molar-refractivity contribution in [1.29, 1.82) is 5.26 Å². The van der Waals surface area contributed by atoms with Crippen LogP contribution in [0.3, 0.4) is 0 Å². The van der Waals surface area contributed by atoms with E-state index < -0.39 is 0 Å². The second-order valence-corrected chi connectivity index (χ2v) is 3.06. The van der Waals surface area contributed by atoms with Crippen molar-refractivity contribution < 1.29 is 0 Å². The first-order valence-electron chi connectivity index (χ1n) is 4.37. The van der Waals surface area contributed by atoms with Crippen LogP contribution in [0.4, 0.5) is 0 Å². The van der Waals surface area contributed by atoms with Gasteiger partial charge >= 0.3 is 0 Å². The molecule has 0 spiro atoms. The minimum absolute atomic E-state index is 0.650. The third kappa shape index (κ3) is 1.45. The van der Waals surface area contributed by atoms with E-state index in [1.165, 1.54) is 0 Å². The van der Waals surface area contributed by atoms with Gasteiger partial charge in [-0.2, -0.15) is 5.26 Å². The van der Waals surface area contributed by atoms with Crippen LogP contribution in [-0.2, 0) is 6.54 Å². The largest absolute Gasteiger partial charge is 0.341 e. The fourth-order valence-electron chi connectivity index (χ4n) is 1.38. The molecule has 70 valence electrons. The zero-order chi connectivity index (χ0) is 9.97. The monoisotopic (exact) mass is 186 g/mol. The first-order chi connectivity index (χ1) is 6.83. The first-order valence-corrected chi connectivity index (χ1v) is 4.37. The van der Waals surface area contributed by atoms with Crippen LogP contribution in [0, 0.1) is 11.3 Å². The average Bonchev–Trinajstić information content (AvgIpc) is 2.59. The lowest BCUT2D eigenvalue weighted by atomic mass is 10.2. The Bertz CT molecular complexity index is 492. The summed E-state index contributed by atoms with van der Waals surface area (Å²) in [5.41, 5.74) is 2.46. The molecule has 0 atom stereocenters. The van der Waals surface area contributed by atoms with Crippen molar-refractivity contribution in [2.45, 2.75) is 6.54 Å². The Morgan fingerprint density at radius 1 is 1.57 bits per heavy atom. The number of fused-ring (bicyclic) bond motifs is 1. The molecule has 0 unspecified atom stereocenters. The predicted molar refractivity (Wildman–Crippen MR) is 53.6 cm³/mol. The third-order valence-corrected chi connectivity index (χ3v) is 2.00. The Kier molecular flexibility index (Phi) is 2.17. The first kappa shape index (κ1) is 8.73. The molecule has 0 aliphatic carbocycles. The quantitative estimate of drug-likeness (QED) is 0.739. The zero-order valence-electron chi connectivity index (χ0n) is 7.83. The Morgan fingerprint density at radius 2 is 2.43 bits per heavy atom. The van der Waals surface area contributed by atoms with Crippen LogP contribution in [0.2, 0.25) is 0 Å². The molecule has 0 amide bonds. The van der Waals surface area contributed by atoms with Crippen LogP contribution in [0.5, 0.6) is 0 Å². The number of aromatic amines is 1. The fourth-order valence-corrected chi connectivity index (χ4v) is 1.38. The van der Waals surface area contributed by atoms with E-state index in [2.05, 4.69) is 21.4 Å². The molecule has 0 saturated carbocycles. The van der Waals surface area contributed by atoms with Gasteiger partial charge < -0.3 is 10.3 Å². The van der Waals surface area contributed by atoms with Gasteiger partial charge in [0.1, 0.15) is 5.82 Å². The molecule has 2 N–H and O–H groups in total. The summed E-state index contributed by atoms with van der Waals surface area (Å²) in [6, 6.07) is 7.52. The molecule has 0 aliphatic rings. The number of aromatic nitrogens is 2. The van der Waals surface area contributed by atoms with Crippen molar-refractivity contribution in [3.05, 3.63) is 29.6 Å². The maximum absolute atomic E-state index is 8.71. The second-order valence-electron chi connectivity index (χ2n) is 3.06. The van der Waals surface area contributed by atoms with Crippen molar-refractivity contribution in [2.24, 2.45) is 0 Å². The van der Waals surface area contributed by atoms with E-state index in [4.69, 9.17) is 5.26 Å². The van der Waals surface area contributed by atoms with Gasteiger partial charge in [0.15, 0.2) is 0 Å². The summed E-state index contributed by atoms with van der Waals surface area (Å²) in [5.74, 6) is 0.887. The number of nitrogens with one attached hydrogen (secondary N) is 2. The third-order valence-electron chi connectivity index (χ3n) is 2.00. The number of imidazole rings is 1. The molecule has 2 aromatic rings. The summed E-state index contributed by atoms with van der Waals surface area (Å²) in [5, 5.41) is 11.7. The van der Waals surface area contributed by atoms with Crippen LogP contribution in [-0.4, -0.2) is 17.0 Å². The van der Waals surface area contributed by atoms with Crippen LogP contribution >= 0.6 is 0 Å². The molecule has 0 aliphatic heterocycles. The van der Waals surface area contributed by atoms with Crippen molar-refractivity contribution in [1.82, 2.24) is 15.3 Å². The van der Waals surface area contributed by atoms with Crippen LogP contribution in [0.1, 0.15) is 11.4 Å². The lowest BCUT2D eigenvalue weighted by Crippen LogP contribution is -2.06. The van der Waals surface area contributed by atoms with Crippen LogP contribution in [0.15, 0.2) is 18.2 Å². The van der Waals surface area contributed by atoms with Gasteiger partial charge in [-0.05, 0) is 25.2 Å². The molecule has 0 saturated heterocycles. The molecule has 1 heterocycles. The molecule has 0 bridgehead atoms. The highest BCUT2D eigenvalue weighted by Crippen LogP contribution is 2.12. The topological polar surface area (TPSA) is 64.5 Å². The van der Waals surface area contributed by atoms with Gasteiger partial charge in [0.05, 0.1) is 29.2 Å². The average molecular weight is 186 g/mol. The van der Waals surface area contributed by atoms with Gasteiger partial charge in [-0.25, -0.2) is 4.98 Å². The van der Waals surface area contributed by atoms with Crippen molar-refractivity contribution in [2.75, 3.05) is 7.05 Å². The molecule has 0 fully saturated rings. The highest BCUT2D eigenvalue weighted by Gasteiger charge is 2.01. The van der Waals surface area contributed by atoms with E-state index in [1.807, 2.05) is 19.2 Å². The number of rotatable bonds is 2. The Balaban J connectivity index is 2.50. The predicted octanol–water partition coefficient (Wildman–Crippen LogP) is 1.15. The van der Waals surface area contributed by atoms with Gasteiger partial charge in [0.2, 0.25) is 0 Å². The molecular weight excluding hydrogens is 176 g/mol. The van der Waals surface area contributed by atoms with Crippen LogP contribution in [0.25, 0.3) is 11.0 Å². The van der Waals surface area contributed by atoms with Crippen molar-refractivity contribution in [3.8, 4) is 6.07 Å². The zero-order valence-corrected chi connectivity index (χ0v) is 7.83. The molecule has 14 heavy (non-hydrogen) atoms. The lowest BCUT2D eigenvalue weighted by Gasteiger charge is -1.90. The van der Waals surface area contributed by atoms with Gasteiger partial charge in [-0.3, -0.25) is 0 Å². The second kappa shape index (κ2) is 3.48. The minimum atomic E-state index is 0.650. The van der Waals surface area contributed by atoms with Crippen molar-refractivity contribution >= 4 is 11.0 Å². The number of nitriles is 1. The lowest BCUT2D eigenvalue weighted by molar-refractivity contribution is 0.775. The molecule has 1 aromatic heterocycles. The maximum Gasteiger partial charge on any atom is 0.121 e. The number of benzene rings is 1. The van der Waals surface area contributed by atoms with E-state index in [0.717, 1.165) is 16.9 Å². The standard InChI is InChI=1S/C10H10N4/c1-12-6-10-13-8-3-2-7(5-11)4-9(8)14-10/h2-4,12H,6H2,1H3,(H,13,14). The summed E-state index contributed by atoms with van der Waals surface area (Å²) in [6.45, 7) is 0.705. The highest BCUT2D eigenvalue weighted by atomic mass is 15.0. The summed E-state index contributed by atoms with van der Waals surface area (Å²) >= 11 is 0. The Hall–Kier alpha value is -1.86. The SMILES string of the molecule is CNCc1nc2ccc(C#N)cc2[nH]1. The minimum Gasteiger partial charge on any atom is -0.341 e. The van der Waals surface area contributed by atoms with E-state index in [1.54, 1.807) is 6.07 Å². The highest BCUT2D eigenvalue weighted by molar-refractivity contribution is 5.76. The Labute approximate surface area is 81.6 Å². The van der Waals surface area contributed by atoms with Crippen LogP contribution < -0.4 is 5.32 Å². The van der Waals surface area contributed by atoms with Gasteiger partial charge in [0, 0.05) is 0 Å². The number of H-pyrrole nitrogens is 1.